The molecule has 0 bridgehead atoms. The van der Waals surface area contributed by atoms with Gasteiger partial charge in [0.25, 0.3) is 0 Å². The molecule has 1 saturated heterocycles. The molecule has 1 fully saturated rings. The number of alkyl halides is 1. The minimum Gasteiger partial charge on any atom is -0.487 e. The standard InChI is InChI=1S/C25H23F2IN4O/c1-2-16-13-30-25(31-14-16)32-7-6-18(9-23(32)28)15-33-24-21(26)10-20(11-22(24)27)19-5-3-4-17(8-19)12-29/h3-5,8,10-11,13-14,18,23H,2,6-7,9,15H2,1H3. The summed E-state index contributed by atoms with van der Waals surface area (Å²) in [5.74, 6) is -0.982. The first-order chi connectivity index (χ1) is 16.0. The van der Waals surface area contributed by atoms with Gasteiger partial charge in [-0.3, -0.25) is 0 Å². The third kappa shape index (κ3) is 5.41. The second-order valence-corrected chi connectivity index (χ2v) is 9.47. The second-order valence-electron chi connectivity index (χ2n) is 8.04. The molecule has 8 heteroatoms. The number of rotatable bonds is 6. The molecule has 0 saturated carbocycles. The maximum Gasteiger partial charge on any atom is 0.226 e. The lowest BCUT2D eigenvalue weighted by Crippen LogP contribution is -2.41. The van der Waals surface area contributed by atoms with E-state index in [4.69, 9.17) is 10.00 Å². The molecule has 2 unspecified atom stereocenters. The third-order valence-corrected chi connectivity index (χ3v) is 6.97. The van der Waals surface area contributed by atoms with Crippen LogP contribution in [0.5, 0.6) is 5.75 Å². The van der Waals surface area contributed by atoms with Crippen LogP contribution in [0.4, 0.5) is 14.7 Å². The van der Waals surface area contributed by atoms with Crippen molar-refractivity contribution in [3.05, 3.63) is 71.6 Å². The van der Waals surface area contributed by atoms with Crippen LogP contribution in [-0.2, 0) is 6.42 Å². The molecule has 5 nitrogen and oxygen atoms in total. The van der Waals surface area contributed by atoms with Crippen LogP contribution in [0.3, 0.4) is 0 Å². The van der Waals surface area contributed by atoms with E-state index in [9.17, 15) is 8.78 Å². The highest BCUT2D eigenvalue weighted by Crippen LogP contribution is 2.33. The Labute approximate surface area is 205 Å². The highest BCUT2D eigenvalue weighted by Gasteiger charge is 2.29. The minimum atomic E-state index is -0.750. The Kier molecular flexibility index (Phi) is 7.38. The van der Waals surface area contributed by atoms with E-state index in [1.165, 1.54) is 12.1 Å². The van der Waals surface area contributed by atoms with E-state index in [0.717, 1.165) is 31.4 Å². The fourth-order valence-electron chi connectivity index (χ4n) is 3.87. The summed E-state index contributed by atoms with van der Waals surface area (Å²) in [6, 6.07) is 11.2. The number of nitriles is 1. The number of halogens is 3. The smallest absolute Gasteiger partial charge is 0.226 e. The highest BCUT2D eigenvalue weighted by molar-refractivity contribution is 14.1. The van der Waals surface area contributed by atoms with Crippen LogP contribution in [0.25, 0.3) is 11.1 Å². The fraction of sp³-hybridized carbons (Fsp3) is 0.320. The van der Waals surface area contributed by atoms with Crippen LogP contribution in [0.1, 0.15) is 30.9 Å². The first kappa shape index (κ1) is 23.4. The number of aryl methyl sites for hydroxylation is 1. The van der Waals surface area contributed by atoms with Crippen molar-refractivity contribution >= 4 is 28.5 Å². The van der Waals surface area contributed by atoms with E-state index < -0.39 is 11.6 Å². The predicted octanol–water partition coefficient (Wildman–Crippen LogP) is 5.91. The Hall–Kier alpha value is -2.80. The van der Waals surface area contributed by atoms with Crippen molar-refractivity contribution in [3.8, 4) is 22.9 Å². The number of hydrogen-bond donors (Lipinski definition) is 0. The molecule has 0 radical (unpaired) electrons. The van der Waals surface area contributed by atoms with Crippen LogP contribution in [0, 0.1) is 28.9 Å². The Morgan fingerprint density at radius 2 is 1.88 bits per heavy atom. The number of piperidine rings is 1. The van der Waals surface area contributed by atoms with E-state index in [1.807, 2.05) is 18.5 Å². The number of ether oxygens (including phenoxy) is 1. The molecule has 1 aliphatic heterocycles. The summed E-state index contributed by atoms with van der Waals surface area (Å²) in [7, 11) is 0. The summed E-state index contributed by atoms with van der Waals surface area (Å²) in [4.78, 5) is 11.1. The van der Waals surface area contributed by atoms with Crippen molar-refractivity contribution in [3.63, 3.8) is 0 Å². The maximum atomic E-state index is 14.7. The summed E-state index contributed by atoms with van der Waals surface area (Å²) in [5, 5.41) is 9.05. The molecule has 2 heterocycles. The molecule has 0 spiro atoms. The Morgan fingerprint density at radius 1 is 1.15 bits per heavy atom. The second kappa shape index (κ2) is 10.4. The first-order valence-corrected chi connectivity index (χ1v) is 12.1. The summed E-state index contributed by atoms with van der Waals surface area (Å²) < 4.78 is 35.2. The van der Waals surface area contributed by atoms with Gasteiger partial charge in [0.2, 0.25) is 5.95 Å². The molecular formula is C25H23F2IN4O. The van der Waals surface area contributed by atoms with Crippen LogP contribution < -0.4 is 9.64 Å². The average molecular weight is 560 g/mol. The Balaban J connectivity index is 1.39. The highest BCUT2D eigenvalue weighted by atomic mass is 127. The van der Waals surface area contributed by atoms with E-state index in [1.54, 1.807) is 24.3 Å². The summed E-state index contributed by atoms with van der Waals surface area (Å²) in [5.41, 5.74) is 2.47. The van der Waals surface area contributed by atoms with E-state index in [2.05, 4.69) is 44.4 Å². The number of benzene rings is 2. The number of anilines is 1. The van der Waals surface area contributed by atoms with Gasteiger partial charge in [-0.15, -0.1) is 0 Å². The SMILES string of the molecule is CCc1cnc(N2CCC(COc3c(F)cc(-c4cccc(C#N)c4)cc3F)CC2I)nc1. The molecular weight excluding hydrogens is 537 g/mol. The van der Waals surface area contributed by atoms with Gasteiger partial charge in [-0.1, -0.05) is 41.6 Å². The van der Waals surface area contributed by atoms with Gasteiger partial charge in [0.1, 0.15) is 0 Å². The van der Waals surface area contributed by atoms with Crippen LogP contribution in [-0.4, -0.2) is 27.2 Å². The molecule has 1 aromatic heterocycles. The molecule has 3 aromatic rings. The first-order valence-electron chi connectivity index (χ1n) is 10.8. The molecule has 4 rings (SSSR count). The largest absolute Gasteiger partial charge is 0.487 e. The molecule has 2 aromatic carbocycles. The summed E-state index contributed by atoms with van der Waals surface area (Å²) >= 11 is 2.36. The number of hydrogen-bond acceptors (Lipinski definition) is 5. The lowest BCUT2D eigenvalue weighted by Gasteiger charge is -2.36. The molecule has 170 valence electrons. The van der Waals surface area contributed by atoms with Gasteiger partial charge < -0.3 is 9.64 Å². The lowest BCUT2D eigenvalue weighted by atomic mass is 9.98. The number of nitrogens with zero attached hydrogens (tertiary/aromatic N) is 4. The fourth-order valence-corrected chi connectivity index (χ4v) is 5.12. The van der Waals surface area contributed by atoms with Crippen molar-refractivity contribution in [2.24, 2.45) is 5.92 Å². The predicted molar refractivity (Wildman–Crippen MR) is 131 cm³/mol. The average Bonchev–Trinajstić information content (AvgIpc) is 2.83. The van der Waals surface area contributed by atoms with E-state index >= 15 is 0 Å². The van der Waals surface area contributed by atoms with Gasteiger partial charge in [0.05, 0.1) is 22.3 Å². The zero-order valence-corrected chi connectivity index (χ0v) is 20.3. The topological polar surface area (TPSA) is 62.0 Å². The van der Waals surface area contributed by atoms with Crippen LogP contribution in [0.15, 0.2) is 48.8 Å². The van der Waals surface area contributed by atoms with Crippen molar-refractivity contribution in [2.45, 2.75) is 30.2 Å². The van der Waals surface area contributed by atoms with Crippen molar-refractivity contribution in [1.29, 1.82) is 5.26 Å². The van der Waals surface area contributed by atoms with E-state index in [-0.39, 0.29) is 22.3 Å². The summed E-state index contributed by atoms with van der Waals surface area (Å²) in [6.07, 6.45) is 6.23. The monoisotopic (exact) mass is 560 g/mol. The van der Waals surface area contributed by atoms with Crippen LogP contribution in [0.2, 0.25) is 0 Å². The van der Waals surface area contributed by atoms with Gasteiger partial charge in [-0.2, -0.15) is 5.26 Å². The quantitative estimate of drug-likeness (QED) is 0.213. The Bertz CT molecular complexity index is 1140. The van der Waals surface area contributed by atoms with E-state index in [0.29, 0.717) is 22.6 Å². The van der Waals surface area contributed by atoms with Crippen molar-refractivity contribution in [1.82, 2.24) is 9.97 Å². The van der Waals surface area contributed by atoms with Gasteiger partial charge in [0.15, 0.2) is 17.4 Å². The number of aromatic nitrogens is 2. The molecule has 0 N–H and O–H groups in total. The third-order valence-electron chi connectivity index (χ3n) is 5.79. The summed E-state index contributed by atoms with van der Waals surface area (Å²) in [6.45, 7) is 3.06. The molecule has 0 amide bonds. The van der Waals surface area contributed by atoms with Crippen molar-refractivity contribution in [2.75, 3.05) is 18.1 Å². The van der Waals surface area contributed by atoms with Gasteiger partial charge in [0, 0.05) is 18.9 Å². The molecule has 0 aliphatic carbocycles. The zero-order valence-electron chi connectivity index (χ0n) is 18.1. The van der Waals surface area contributed by atoms with Gasteiger partial charge in [-0.05, 0) is 66.1 Å². The molecule has 2 atom stereocenters. The zero-order chi connectivity index (χ0) is 23.4. The lowest BCUT2D eigenvalue weighted by molar-refractivity contribution is 0.205. The minimum absolute atomic E-state index is 0.168. The van der Waals surface area contributed by atoms with Gasteiger partial charge in [-0.25, -0.2) is 18.7 Å². The van der Waals surface area contributed by atoms with Gasteiger partial charge >= 0.3 is 0 Å². The molecule has 33 heavy (non-hydrogen) atoms. The van der Waals surface area contributed by atoms with Crippen molar-refractivity contribution < 1.29 is 13.5 Å². The Morgan fingerprint density at radius 3 is 2.52 bits per heavy atom. The molecule has 1 aliphatic rings. The normalized spacial score (nSPS) is 18.1. The van der Waals surface area contributed by atoms with Crippen LogP contribution >= 0.6 is 22.6 Å². The maximum absolute atomic E-state index is 14.7.